The predicted octanol–water partition coefficient (Wildman–Crippen LogP) is 5.78. The van der Waals surface area contributed by atoms with E-state index in [-0.39, 0.29) is 35.2 Å². The van der Waals surface area contributed by atoms with Crippen LogP contribution in [-0.2, 0) is 6.54 Å². The number of rotatable bonds is 6. The molecule has 2 fully saturated rings. The molecule has 1 aromatic heterocycles. The number of fused-ring (bicyclic) bond motifs is 3. The minimum atomic E-state index is -0.888. The van der Waals surface area contributed by atoms with E-state index in [0.29, 0.717) is 46.1 Å². The molecule has 2 atom stereocenters. The maximum absolute atomic E-state index is 15.8. The maximum Gasteiger partial charge on any atom is 0.254 e. The van der Waals surface area contributed by atoms with E-state index in [1.165, 1.54) is 18.2 Å². The normalized spacial score (nSPS) is 20.2. The first-order valence-electron chi connectivity index (χ1n) is 14.3. The van der Waals surface area contributed by atoms with E-state index in [2.05, 4.69) is 5.10 Å². The fourth-order valence-corrected chi connectivity index (χ4v) is 6.49. The van der Waals surface area contributed by atoms with Gasteiger partial charge in [-0.3, -0.25) is 9.48 Å². The van der Waals surface area contributed by atoms with E-state index >= 15 is 4.39 Å². The molecule has 2 aliphatic heterocycles. The third-order valence-corrected chi connectivity index (χ3v) is 8.63. The van der Waals surface area contributed by atoms with Gasteiger partial charge in [-0.25, -0.2) is 8.78 Å². The molecule has 6 rings (SSSR count). The molecule has 9 heteroatoms. The first-order chi connectivity index (χ1) is 20.0. The lowest BCUT2D eigenvalue weighted by molar-refractivity contribution is 0.0574. The van der Waals surface area contributed by atoms with Gasteiger partial charge < -0.3 is 15.7 Å². The van der Waals surface area contributed by atoms with Crippen LogP contribution in [0.25, 0.3) is 33.2 Å². The highest BCUT2D eigenvalue weighted by molar-refractivity contribution is 5.99. The second-order valence-electron chi connectivity index (χ2n) is 12.2. The Morgan fingerprint density at radius 3 is 2.45 bits per heavy atom. The summed E-state index contributed by atoms with van der Waals surface area (Å²) in [4.78, 5) is 15.7. The zero-order valence-corrected chi connectivity index (χ0v) is 23.6. The number of benzene rings is 3. The number of piperidine rings is 1. The van der Waals surface area contributed by atoms with E-state index in [1.807, 2.05) is 11.0 Å². The summed E-state index contributed by atoms with van der Waals surface area (Å²) in [5, 5.41) is 24.5. The Balaban J connectivity index is 1.44. The van der Waals surface area contributed by atoms with Gasteiger partial charge in [-0.2, -0.15) is 10.4 Å². The summed E-state index contributed by atoms with van der Waals surface area (Å²) in [5.74, 6) is -1.30. The molecule has 2 saturated heterocycles. The Hall–Kier alpha value is -4.13. The number of nitrogens with two attached hydrogens (primary N) is 1. The van der Waals surface area contributed by atoms with E-state index in [4.69, 9.17) is 5.73 Å². The van der Waals surface area contributed by atoms with Gasteiger partial charge in [0.15, 0.2) is 0 Å². The third-order valence-electron chi connectivity index (χ3n) is 8.63. The number of hydrogen-bond donors (Lipinski definition) is 2. The van der Waals surface area contributed by atoms with Crippen molar-refractivity contribution in [1.82, 2.24) is 14.7 Å². The van der Waals surface area contributed by atoms with Crippen molar-refractivity contribution in [2.75, 3.05) is 0 Å². The smallest absolute Gasteiger partial charge is 0.254 e. The molecular weight excluding hydrogens is 536 g/mol. The van der Waals surface area contributed by atoms with Gasteiger partial charge in [0.25, 0.3) is 5.91 Å². The van der Waals surface area contributed by atoms with E-state index in [9.17, 15) is 19.6 Å². The van der Waals surface area contributed by atoms with Crippen LogP contribution in [0.3, 0.4) is 0 Å². The Morgan fingerprint density at radius 2 is 1.79 bits per heavy atom. The number of amides is 1. The highest BCUT2D eigenvalue weighted by Crippen LogP contribution is 2.40. The molecule has 2 unspecified atom stereocenters. The van der Waals surface area contributed by atoms with Gasteiger partial charge in [0.2, 0.25) is 0 Å². The lowest BCUT2D eigenvalue weighted by Gasteiger charge is -2.38. The highest BCUT2D eigenvalue weighted by atomic mass is 19.1. The van der Waals surface area contributed by atoms with Crippen LogP contribution in [0.2, 0.25) is 0 Å². The monoisotopic (exact) mass is 569 g/mol. The number of aliphatic hydroxyl groups is 1. The average molecular weight is 570 g/mol. The second-order valence-corrected chi connectivity index (χ2v) is 12.2. The van der Waals surface area contributed by atoms with Crippen LogP contribution in [0, 0.1) is 23.0 Å². The fourth-order valence-electron chi connectivity index (χ4n) is 6.49. The molecule has 3 N–H and O–H groups in total. The summed E-state index contributed by atoms with van der Waals surface area (Å²) in [5.41, 5.74) is 7.96. The number of carbonyl (C=O) groups is 1. The summed E-state index contributed by atoms with van der Waals surface area (Å²) in [7, 11) is 0. The Morgan fingerprint density at radius 1 is 1.05 bits per heavy atom. The summed E-state index contributed by atoms with van der Waals surface area (Å²) >= 11 is 0. The molecule has 42 heavy (non-hydrogen) atoms. The molecule has 2 bridgehead atoms. The van der Waals surface area contributed by atoms with Crippen LogP contribution in [0.1, 0.15) is 61.9 Å². The largest absolute Gasteiger partial charge is 0.390 e. The molecule has 0 radical (unpaired) electrons. The number of aromatic nitrogens is 2. The second kappa shape index (κ2) is 10.6. The SMILES string of the molecule is CC(C)(O)CCn1ncc2cc(-c3ccc(C(=O)N4C5CCC4CC(N)C5)cc3-c3ccc(C#N)c(F)c3)c(F)cc21. The van der Waals surface area contributed by atoms with Gasteiger partial charge in [0.05, 0.1) is 22.9 Å². The zero-order chi connectivity index (χ0) is 29.8. The highest BCUT2D eigenvalue weighted by Gasteiger charge is 2.42. The molecule has 0 saturated carbocycles. The molecule has 7 nitrogen and oxygen atoms in total. The zero-order valence-electron chi connectivity index (χ0n) is 23.6. The summed E-state index contributed by atoms with van der Waals surface area (Å²) < 4.78 is 32.3. The van der Waals surface area contributed by atoms with Gasteiger partial charge >= 0.3 is 0 Å². The maximum atomic E-state index is 15.8. The van der Waals surface area contributed by atoms with Crippen molar-refractivity contribution in [3.8, 4) is 28.3 Å². The van der Waals surface area contributed by atoms with Crippen molar-refractivity contribution < 1.29 is 18.7 Å². The average Bonchev–Trinajstić information content (AvgIpc) is 3.47. The first kappa shape index (κ1) is 28.0. The molecule has 0 spiro atoms. The lowest BCUT2D eigenvalue weighted by atomic mass is 9.90. The Kier molecular flexibility index (Phi) is 7.08. The fraction of sp³-hybridized carbons (Fsp3) is 0.364. The first-order valence-corrected chi connectivity index (χ1v) is 14.3. The van der Waals surface area contributed by atoms with Crippen LogP contribution in [0.5, 0.6) is 0 Å². The molecular formula is C33H33F2N5O2. The minimum absolute atomic E-state index is 0.0866. The van der Waals surface area contributed by atoms with Crippen LogP contribution < -0.4 is 5.73 Å². The number of hydrogen-bond acceptors (Lipinski definition) is 5. The molecule has 3 aromatic carbocycles. The van der Waals surface area contributed by atoms with Crippen molar-refractivity contribution in [2.45, 2.75) is 76.2 Å². The van der Waals surface area contributed by atoms with Gasteiger partial charge in [0.1, 0.15) is 17.7 Å². The van der Waals surface area contributed by atoms with Crippen molar-refractivity contribution in [2.24, 2.45) is 5.73 Å². The van der Waals surface area contributed by atoms with Gasteiger partial charge in [-0.1, -0.05) is 12.1 Å². The summed E-state index contributed by atoms with van der Waals surface area (Å²) in [6.07, 6.45) is 5.47. The molecule has 4 aromatic rings. The minimum Gasteiger partial charge on any atom is -0.390 e. The Labute approximate surface area is 243 Å². The van der Waals surface area contributed by atoms with Crippen LogP contribution in [0.4, 0.5) is 8.78 Å². The number of aryl methyl sites for hydroxylation is 1. The molecule has 3 heterocycles. The van der Waals surface area contributed by atoms with Crippen molar-refractivity contribution in [1.29, 1.82) is 5.26 Å². The van der Waals surface area contributed by atoms with Gasteiger partial charge in [-0.15, -0.1) is 0 Å². The number of carbonyl (C=O) groups excluding carboxylic acids is 1. The van der Waals surface area contributed by atoms with E-state index in [0.717, 1.165) is 25.7 Å². The molecule has 0 aliphatic carbocycles. The van der Waals surface area contributed by atoms with Crippen LogP contribution in [-0.4, -0.2) is 49.4 Å². The topological polar surface area (TPSA) is 108 Å². The number of halogens is 2. The van der Waals surface area contributed by atoms with Crippen molar-refractivity contribution in [3.63, 3.8) is 0 Å². The van der Waals surface area contributed by atoms with Gasteiger partial charge in [-0.05, 0) is 93.0 Å². The molecule has 216 valence electrons. The molecule has 2 aliphatic rings. The van der Waals surface area contributed by atoms with E-state index in [1.54, 1.807) is 55.1 Å². The predicted molar refractivity (Wildman–Crippen MR) is 156 cm³/mol. The van der Waals surface area contributed by atoms with Crippen molar-refractivity contribution in [3.05, 3.63) is 77.5 Å². The van der Waals surface area contributed by atoms with Gasteiger partial charge in [0, 0.05) is 47.2 Å². The standard InChI is InChI=1S/C33H33F2N5O2/c1-33(2,42)9-10-39-31-16-30(35)28(12-22(31)18-38-39)26-8-5-20(11-27(26)19-3-4-21(17-36)29(34)13-19)32(41)40-24-6-7-25(40)15-23(37)14-24/h3-5,8,11-13,16,18,23-25,42H,6-7,9-10,14-15,37H2,1-2H3. The Bertz CT molecular complexity index is 1720. The van der Waals surface area contributed by atoms with E-state index < -0.39 is 17.2 Å². The van der Waals surface area contributed by atoms with Crippen LogP contribution in [0.15, 0.2) is 54.7 Å². The number of nitriles is 1. The summed E-state index contributed by atoms with van der Waals surface area (Å²) in [6.45, 7) is 3.84. The quantitative estimate of drug-likeness (QED) is 0.306. The third kappa shape index (κ3) is 5.17. The molecule has 1 amide bonds. The summed E-state index contributed by atoms with van der Waals surface area (Å²) in [6, 6.07) is 14.6. The van der Waals surface area contributed by atoms with Crippen molar-refractivity contribution >= 4 is 16.8 Å². The lowest BCUT2D eigenvalue weighted by Crippen LogP contribution is -2.50. The van der Waals surface area contributed by atoms with Crippen LogP contribution >= 0.6 is 0 Å². The number of nitrogens with zero attached hydrogens (tertiary/aromatic N) is 4.